The van der Waals surface area contributed by atoms with Crippen molar-refractivity contribution in [2.45, 2.75) is 12.6 Å². The lowest BCUT2D eigenvalue weighted by atomic mass is 10.0. The zero-order valence-electron chi connectivity index (χ0n) is 8.75. The van der Waals surface area contributed by atoms with Crippen LogP contribution in [0.1, 0.15) is 11.1 Å². The van der Waals surface area contributed by atoms with Crippen molar-refractivity contribution < 1.29 is 13.2 Å². The predicted molar refractivity (Wildman–Crippen MR) is 58.3 cm³/mol. The highest BCUT2D eigenvalue weighted by Crippen LogP contribution is 2.35. The Morgan fingerprint density at radius 3 is 2.53 bits per heavy atom. The average molecular weight is 235 g/mol. The second-order valence-electron chi connectivity index (χ2n) is 3.69. The van der Waals surface area contributed by atoms with Gasteiger partial charge in [0.05, 0.1) is 18.1 Å². The van der Waals surface area contributed by atoms with Crippen molar-refractivity contribution in [3.8, 4) is 6.07 Å². The zero-order valence-corrected chi connectivity index (χ0v) is 8.75. The van der Waals surface area contributed by atoms with Crippen LogP contribution in [0.2, 0.25) is 0 Å². The van der Waals surface area contributed by atoms with Crippen LogP contribution in [0, 0.1) is 11.3 Å². The number of benzene rings is 2. The third-order valence-electron chi connectivity index (χ3n) is 2.54. The monoisotopic (exact) mass is 235 g/mol. The molecule has 2 aromatic rings. The number of alkyl halides is 3. The Morgan fingerprint density at radius 1 is 1.12 bits per heavy atom. The van der Waals surface area contributed by atoms with Gasteiger partial charge < -0.3 is 0 Å². The molecule has 0 saturated carbocycles. The summed E-state index contributed by atoms with van der Waals surface area (Å²) in [5.41, 5.74) is -0.0634. The van der Waals surface area contributed by atoms with Gasteiger partial charge in [-0.15, -0.1) is 0 Å². The summed E-state index contributed by atoms with van der Waals surface area (Å²) in [6.45, 7) is 0. The molecule has 17 heavy (non-hydrogen) atoms. The van der Waals surface area contributed by atoms with Gasteiger partial charge in [-0.1, -0.05) is 24.3 Å². The fraction of sp³-hybridized carbons (Fsp3) is 0.154. The van der Waals surface area contributed by atoms with E-state index in [-0.39, 0.29) is 11.8 Å². The van der Waals surface area contributed by atoms with Gasteiger partial charge in [0.25, 0.3) is 0 Å². The molecular weight excluding hydrogens is 227 g/mol. The molecule has 0 heterocycles. The molecule has 2 aromatic carbocycles. The Kier molecular flexibility index (Phi) is 2.76. The summed E-state index contributed by atoms with van der Waals surface area (Å²) in [4.78, 5) is 0. The van der Waals surface area contributed by atoms with Crippen LogP contribution in [0.3, 0.4) is 0 Å². The summed E-state index contributed by atoms with van der Waals surface area (Å²) in [7, 11) is 0. The van der Waals surface area contributed by atoms with Gasteiger partial charge in [-0.05, 0) is 28.5 Å². The minimum absolute atomic E-state index is 0.113. The standard InChI is InChI=1S/C13H8F3N/c14-13(15,16)12-3-1-2-10-5-4-9(6-7-17)8-11(10)12/h1-5,8H,6H2. The summed E-state index contributed by atoms with van der Waals surface area (Å²) in [6, 6.07) is 10.7. The van der Waals surface area contributed by atoms with E-state index in [0.717, 1.165) is 6.07 Å². The molecule has 0 aliphatic heterocycles. The van der Waals surface area contributed by atoms with Crippen molar-refractivity contribution in [1.29, 1.82) is 5.26 Å². The van der Waals surface area contributed by atoms with E-state index in [9.17, 15) is 13.2 Å². The van der Waals surface area contributed by atoms with E-state index >= 15 is 0 Å². The third kappa shape index (κ3) is 2.23. The fourth-order valence-electron chi connectivity index (χ4n) is 1.77. The van der Waals surface area contributed by atoms with Crippen molar-refractivity contribution in [1.82, 2.24) is 0 Å². The molecule has 1 nitrogen and oxygen atoms in total. The van der Waals surface area contributed by atoms with Crippen LogP contribution in [0.25, 0.3) is 10.8 Å². The van der Waals surface area contributed by atoms with E-state index in [1.165, 1.54) is 12.1 Å². The van der Waals surface area contributed by atoms with E-state index in [1.807, 2.05) is 6.07 Å². The molecule has 0 amide bonds. The second kappa shape index (κ2) is 4.10. The SMILES string of the molecule is N#CCc1ccc2cccc(C(F)(F)F)c2c1. The number of halogens is 3. The van der Waals surface area contributed by atoms with Gasteiger partial charge in [0.1, 0.15) is 0 Å². The van der Waals surface area contributed by atoms with E-state index in [1.54, 1.807) is 18.2 Å². The van der Waals surface area contributed by atoms with Crippen LogP contribution in [-0.2, 0) is 12.6 Å². The number of hydrogen-bond donors (Lipinski definition) is 0. The average Bonchev–Trinajstić information content (AvgIpc) is 2.27. The Balaban J connectivity index is 2.69. The number of hydrogen-bond acceptors (Lipinski definition) is 1. The van der Waals surface area contributed by atoms with Crippen LogP contribution in [-0.4, -0.2) is 0 Å². The maximum atomic E-state index is 12.8. The van der Waals surface area contributed by atoms with Crippen LogP contribution >= 0.6 is 0 Å². The third-order valence-corrected chi connectivity index (χ3v) is 2.54. The van der Waals surface area contributed by atoms with E-state index in [2.05, 4.69) is 0 Å². The first-order chi connectivity index (χ1) is 8.02. The highest BCUT2D eigenvalue weighted by molar-refractivity contribution is 5.86. The molecule has 0 fully saturated rings. The number of nitriles is 1. The summed E-state index contributed by atoms with van der Waals surface area (Å²) in [5.74, 6) is 0. The molecule has 86 valence electrons. The normalized spacial score (nSPS) is 11.4. The zero-order chi connectivity index (χ0) is 12.5. The van der Waals surface area contributed by atoms with Gasteiger partial charge >= 0.3 is 6.18 Å². The maximum absolute atomic E-state index is 12.8. The molecule has 0 spiro atoms. The lowest BCUT2D eigenvalue weighted by Crippen LogP contribution is -2.05. The van der Waals surface area contributed by atoms with Gasteiger partial charge in [0.2, 0.25) is 0 Å². The molecule has 0 bridgehead atoms. The first-order valence-corrected chi connectivity index (χ1v) is 4.98. The van der Waals surface area contributed by atoms with Crippen LogP contribution in [0.5, 0.6) is 0 Å². The summed E-state index contributed by atoms with van der Waals surface area (Å²) < 4.78 is 38.3. The molecule has 0 aromatic heterocycles. The highest BCUT2D eigenvalue weighted by Gasteiger charge is 2.32. The Morgan fingerprint density at radius 2 is 1.88 bits per heavy atom. The summed E-state index contributed by atoms with van der Waals surface area (Å²) >= 11 is 0. The molecule has 0 radical (unpaired) electrons. The smallest absolute Gasteiger partial charge is 0.198 e. The van der Waals surface area contributed by atoms with Crippen LogP contribution in [0.15, 0.2) is 36.4 Å². The van der Waals surface area contributed by atoms with Gasteiger partial charge in [-0.3, -0.25) is 0 Å². The van der Waals surface area contributed by atoms with Gasteiger partial charge in [-0.2, -0.15) is 18.4 Å². The van der Waals surface area contributed by atoms with Crippen LogP contribution in [0.4, 0.5) is 13.2 Å². The second-order valence-corrected chi connectivity index (χ2v) is 3.69. The van der Waals surface area contributed by atoms with Gasteiger partial charge in [-0.25, -0.2) is 0 Å². The lowest BCUT2D eigenvalue weighted by molar-refractivity contribution is -0.136. The van der Waals surface area contributed by atoms with Crippen molar-refractivity contribution >= 4 is 10.8 Å². The summed E-state index contributed by atoms with van der Waals surface area (Å²) in [5, 5.41) is 9.22. The largest absolute Gasteiger partial charge is 0.417 e. The van der Waals surface area contributed by atoms with Crippen molar-refractivity contribution in [3.63, 3.8) is 0 Å². The van der Waals surface area contributed by atoms with Gasteiger partial charge in [0, 0.05) is 0 Å². The molecular formula is C13H8F3N. The molecule has 0 N–H and O–H groups in total. The van der Waals surface area contributed by atoms with E-state index in [4.69, 9.17) is 5.26 Å². The minimum Gasteiger partial charge on any atom is -0.198 e. The molecule has 0 aliphatic carbocycles. The first-order valence-electron chi connectivity index (χ1n) is 4.98. The number of rotatable bonds is 1. The maximum Gasteiger partial charge on any atom is 0.417 e. The molecule has 0 atom stereocenters. The fourth-order valence-corrected chi connectivity index (χ4v) is 1.77. The number of nitrogens with zero attached hydrogens (tertiary/aromatic N) is 1. The quantitative estimate of drug-likeness (QED) is 0.734. The highest BCUT2D eigenvalue weighted by atomic mass is 19.4. The predicted octanol–water partition coefficient (Wildman–Crippen LogP) is 3.92. The van der Waals surface area contributed by atoms with Crippen molar-refractivity contribution in [3.05, 3.63) is 47.5 Å². The van der Waals surface area contributed by atoms with Crippen molar-refractivity contribution in [2.75, 3.05) is 0 Å². The summed E-state index contributed by atoms with van der Waals surface area (Å²) in [6.07, 6.45) is -4.26. The Bertz CT molecular complexity index is 594. The van der Waals surface area contributed by atoms with Crippen LogP contribution < -0.4 is 0 Å². The Hall–Kier alpha value is -2.02. The Labute approximate surface area is 96.1 Å². The molecule has 0 saturated heterocycles. The van der Waals surface area contributed by atoms with Crippen molar-refractivity contribution in [2.24, 2.45) is 0 Å². The number of fused-ring (bicyclic) bond motifs is 1. The molecule has 4 heteroatoms. The van der Waals surface area contributed by atoms with Gasteiger partial charge in [0.15, 0.2) is 0 Å². The molecule has 2 rings (SSSR count). The molecule has 0 aliphatic rings. The lowest BCUT2D eigenvalue weighted by Gasteiger charge is -2.10. The van der Waals surface area contributed by atoms with E-state index in [0.29, 0.717) is 10.9 Å². The first kappa shape index (κ1) is 11.5. The topological polar surface area (TPSA) is 23.8 Å². The van der Waals surface area contributed by atoms with E-state index < -0.39 is 11.7 Å². The molecule has 0 unspecified atom stereocenters. The minimum atomic E-state index is -4.37.